The molecule has 1 heterocycles. The second-order valence-electron chi connectivity index (χ2n) is 4.75. The van der Waals surface area contributed by atoms with Gasteiger partial charge in [0, 0.05) is 20.2 Å². The van der Waals surface area contributed by atoms with Crippen molar-refractivity contribution in [1.82, 2.24) is 15.6 Å². The monoisotopic (exact) mass is 342 g/mol. The van der Waals surface area contributed by atoms with Crippen LogP contribution < -0.4 is 10.6 Å². The molecule has 0 amide bonds. The molecule has 130 valence electrons. The summed E-state index contributed by atoms with van der Waals surface area (Å²) in [6.45, 7) is 9.88. The van der Waals surface area contributed by atoms with Gasteiger partial charge in [0.1, 0.15) is 9.88 Å². The summed E-state index contributed by atoms with van der Waals surface area (Å²) in [6.07, 6.45) is 0. The molecule has 0 saturated heterocycles. The van der Waals surface area contributed by atoms with Crippen molar-refractivity contribution < 1.29 is 14.3 Å². The van der Waals surface area contributed by atoms with E-state index in [4.69, 9.17) is 9.47 Å². The third-order valence-corrected chi connectivity index (χ3v) is 4.28. The van der Waals surface area contributed by atoms with Crippen molar-refractivity contribution in [3.63, 3.8) is 0 Å². The Bertz CT molecular complexity index is 531. The molecule has 1 aromatic rings. The van der Waals surface area contributed by atoms with Crippen LogP contribution in [0.5, 0.6) is 0 Å². The van der Waals surface area contributed by atoms with E-state index in [1.165, 1.54) is 11.3 Å². The smallest absolute Gasteiger partial charge is 0.350 e. The Morgan fingerprint density at radius 1 is 1.39 bits per heavy atom. The van der Waals surface area contributed by atoms with Crippen molar-refractivity contribution in [2.75, 3.05) is 33.4 Å². The number of nitrogens with zero attached hydrogens (tertiary/aromatic N) is 2. The van der Waals surface area contributed by atoms with E-state index in [1.54, 1.807) is 14.0 Å². The Labute approximate surface area is 141 Å². The molecule has 2 N–H and O–H groups in total. The number of ether oxygens (including phenoxy) is 2. The van der Waals surface area contributed by atoms with E-state index >= 15 is 0 Å². The Morgan fingerprint density at radius 2 is 2.13 bits per heavy atom. The summed E-state index contributed by atoms with van der Waals surface area (Å²) in [5.41, 5.74) is 0.691. The highest BCUT2D eigenvalue weighted by molar-refractivity contribution is 7.13. The second kappa shape index (κ2) is 10.2. The molecule has 0 spiro atoms. The van der Waals surface area contributed by atoms with E-state index in [0.29, 0.717) is 42.9 Å². The number of carbonyl (C=O) groups is 1. The first-order valence-electron chi connectivity index (χ1n) is 7.72. The van der Waals surface area contributed by atoms with Gasteiger partial charge < -0.3 is 20.1 Å². The second-order valence-corrected chi connectivity index (χ2v) is 5.78. The number of aryl methyl sites for hydroxylation is 1. The number of rotatable bonds is 8. The zero-order valence-electron chi connectivity index (χ0n) is 14.4. The van der Waals surface area contributed by atoms with Gasteiger partial charge in [-0.15, -0.1) is 11.3 Å². The van der Waals surface area contributed by atoms with E-state index in [2.05, 4.69) is 20.6 Å². The Balaban J connectivity index is 2.64. The zero-order chi connectivity index (χ0) is 17.2. The van der Waals surface area contributed by atoms with Crippen molar-refractivity contribution in [2.45, 2.75) is 33.7 Å². The minimum absolute atomic E-state index is 0.0693. The molecule has 23 heavy (non-hydrogen) atoms. The Kier molecular flexibility index (Phi) is 8.57. The lowest BCUT2D eigenvalue weighted by Crippen LogP contribution is -2.40. The minimum atomic E-state index is -0.319. The third kappa shape index (κ3) is 6.15. The van der Waals surface area contributed by atoms with E-state index in [-0.39, 0.29) is 12.0 Å². The molecule has 0 aliphatic rings. The molecule has 7 nitrogen and oxygen atoms in total. The summed E-state index contributed by atoms with van der Waals surface area (Å²) in [4.78, 5) is 21.0. The fourth-order valence-electron chi connectivity index (χ4n) is 1.84. The van der Waals surface area contributed by atoms with Gasteiger partial charge in [-0.3, -0.25) is 4.99 Å². The molecule has 0 aliphatic heterocycles. The maximum Gasteiger partial charge on any atom is 0.350 e. The highest BCUT2D eigenvalue weighted by Gasteiger charge is 2.19. The lowest BCUT2D eigenvalue weighted by molar-refractivity contribution is 0.0531. The molecule has 1 rings (SSSR count). The zero-order valence-corrected chi connectivity index (χ0v) is 15.2. The lowest BCUT2D eigenvalue weighted by atomic mass is 10.3. The molecule has 0 fully saturated rings. The molecule has 0 aromatic carbocycles. The molecule has 1 aromatic heterocycles. The Morgan fingerprint density at radius 3 is 2.74 bits per heavy atom. The average Bonchev–Trinajstić information content (AvgIpc) is 2.92. The topological polar surface area (TPSA) is 84.8 Å². The summed E-state index contributed by atoms with van der Waals surface area (Å²) >= 11 is 1.34. The number of thiazole rings is 1. The quantitative estimate of drug-likeness (QED) is 0.325. The first-order valence-corrected chi connectivity index (χ1v) is 8.54. The molecular weight excluding hydrogens is 316 g/mol. The molecule has 0 radical (unpaired) electrons. The summed E-state index contributed by atoms with van der Waals surface area (Å²) in [5.74, 6) is 0.350. The van der Waals surface area contributed by atoms with Gasteiger partial charge in [-0.1, -0.05) is 0 Å². The van der Waals surface area contributed by atoms with Gasteiger partial charge >= 0.3 is 5.97 Å². The van der Waals surface area contributed by atoms with Crippen LogP contribution in [0.2, 0.25) is 0 Å². The normalized spacial score (nSPS) is 12.8. The third-order valence-electron chi connectivity index (χ3n) is 2.96. The van der Waals surface area contributed by atoms with Crippen LogP contribution >= 0.6 is 11.3 Å². The SMILES string of the molecule is CCOCCNC(=NC)NC(C)c1nc(C)c(C(=O)OCC)s1. The van der Waals surface area contributed by atoms with Crippen LogP contribution in [0.4, 0.5) is 0 Å². The van der Waals surface area contributed by atoms with Crippen LogP contribution in [0.15, 0.2) is 4.99 Å². The van der Waals surface area contributed by atoms with Crippen molar-refractivity contribution in [3.05, 3.63) is 15.6 Å². The van der Waals surface area contributed by atoms with Crippen LogP contribution in [-0.4, -0.2) is 50.3 Å². The lowest BCUT2D eigenvalue weighted by Gasteiger charge is -2.16. The van der Waals surface area contributed by atoms with E-state index < -0.39 is 0 Å². The van der Waals surface area contributed by atoms with Crippen LogP contribution in [0.25, 0.3) is 0 Å². The predicted octanol–water partition coefficient (Wildman–Crippen LogP) is 1.89. The van der Waals surface area contributed by atoms with Gasteiger partial charge in [0.2, 0.25) is 0 Å². The number of nitrogens with one attached hydrogen (secondary N) is 2. The summed E-state index contributed by atoms with van der Waals surface area (Å²) in [6, 6.07) is -0.0693. The number of carbonyl (C=O) groups excluding carboxylic acids is 1. The number of hydrogen-bond donors (Lipinski definition) is 2. The van der Waals surface area contributed by atoms with E-state index in [9.17, 15) is 4.79 Å². The first-order chi connectivity index (χ1) is 11.0. The summed E-state index contributed by atoms with van der Waals surface area (Å²) < 4.78 is 10.3. The largest absolute Gasteiger partial charge is 0.462 e. The van der Waals surface area contributed by atoms with Gasteiger partial charge in [-0.2, -0.15) is 0 Å². The highest BCUT2D eigenvalue weighted by atomic mass is 32.1. The summed E-state index contributed by atoms with van der Waals surface area (Å²) in [7, 11) is 1.71. The average molecular weight is 342 g/mol. The molecule has 0 saturated carbocycles. The van der Waals surface area contributed by atoms with E-state index in [1.807, 2.05) is 20.8 Å². The number of aromatic nitrogens is 1. The minimum Gasteiger partial charge on any atom is -0.462 e. The van der Waals surface area contributed by atoms with Gasteiger partial charge in [0.05, 0.1) is 24.9 Å². The van der Waals surface area contributed by atoms with Crippen molar-refractivity contribution in [1.29, 1.82) is 0 Å². The highest BCUT2D eigenvalue weighted by Crippen LogP contribution is 2.24. The molecular formula is C15H26N4O3S. The fraction of sp³-hybridized carbons (Fsp3) is 0.667. The Hall–Kier alpha value is -1.67. The van der Waals surface area contributed by atoms with Crippen LogP contribution in [-0.2, 0) is 9.47 Å². The maximum absolute atomic E-state index is 11.9. The molecule has 8 heteroatoms. The molecule has 1 atom stereocenters. The fourth-order valence-corrected chi connectivity index (χ4v) is 2.80. The van der Waals surface area contributed by atoms with Gasteiger partial charge in [-0.05, 0) is 27.7 Å². The van der Waals surface area contributed by atoms with Gasteiger partial charge in [-0.25, -0.2) is 9.78 Å². The number of aliphatic imine (C=N–C) groups is 1. The number of guanidine groups is 1. The molecule has 1 unspecified atom stereocenters. The van der Waals surface area contributed by atoms with Crippen LogP contribution in [0, 0.1) is 6.92 Å². The summed E-state index contributed by atoms with van der Waals surface area (Å²) in [5, 5.41) is 7.24. The van der Waals surface area contributed by atoms with Gasteiger partial charge in [0.25, 0.3) is 0 Å². The standard InChI is InChI=1S/C15H26N4O3S/c1-6-21-9-8-17-15(16-5)19-11(4)13-18-10(3)12(23-13)14(20)22-7-2/h11H,6-9H2,1-5H3,(H2,16,17,19). The predicted molar refractivity (Wildman–Crippen MR) is 92.2 cm³/mol. The molecule has 0 aliphatic carbocycles. The van der Waals surface area contributed by atoms with Gasteiger partial charge in [0.15, 0.2) is 5.96 Å². The van der Waals surface area contributed by atoms with Crippen molar-refractivity contribution >= 4 is 23.3 Å². The first kappa shape index (κ1) is 19.4. The van der Waals surface area contributed by atoms with Crippen LogP contribution in [0.3, 0.4) is 0 Å². The number of esters is 1. The maximum atomic E-state index is 11.9. The van der Waals surface area contributed by atoms with Crippen molar-refractivity contribution in [3.8, 4) is 0 Å². The van der Waals surface area contributed by atoms with Crippen molar-refractivity contribution in [2.24, 2.45) is 4.99 Å². The molecule has 0 bridgehead atoms. The van der Waals surface area contributed by atoms with Crippen LogP contribution in [0.1, 0.15) is 47.2 Å². The van der Waals surface area contributed by atoms with E-state index in [0.717, 1.165) is 5.01 Å². The number of hydrogen-bond acceptors (Lipinski definition) is 6.